The Morgan fingerprint density at radius 1 is 1.22 bits per heavy atom. The van der Waals surface area contributed by atoms with Crippen LogP contribution in [0, 0.1) is 21.7 Å². The number of anilines is 1. The standard InChI is InChI=1S/C18H18F2N4O3/c19-13-3-1-10(7-14(13)20)12-5-6-22-9-16(12)23-18(25)11-2-4-15(21)17(8-11)24(26)27/h1-4,7-8,12,16,22H,5-6,9,21H2,(H,23,25). The maximum absolute atomic E-state index is 13.6. The molecule has 7 nitrogen and oxygen atoms in total. The van der Waals surface area contributed by atoms with E-state index in [9.17, 15) is 23.7 Å². The Labute approximate surface area is 153 Å². The van der Waals surface area contributed by atoms with Crippen LogP contribution in [0.3, 0.4) is 0 Å². The fraction of sp³-hybridized carbons (Fsp3) is 0.278. The molecule has 2 atom stereocenters. The van der Waals surface area contributed by atoms with Gasteiger partial charge in [-0.3, -0.25) is 14.9 Å². The molecule has 1 saturated heterocycles. The minimum Gasteiger partial charge on any atom is -0.393 e. The summed E-state index contributed by atoms with van der Waals surface area (Å²) in [6.07, 6.45) is 0.623. The van der Waals surface area contributed by atoms with E-state index in [0.717, 1.165) is 18.2 Å². The zero-order valence-electron chi connectivity index (χ0n) is 14.2. The highest BCUT2D eigenvalue weighted by atomic mass is 19.2. The zero-order valence-corrected chi connectivity index (χ0v) is 14.2. The molecular formula is C18H18F2N4O3. The van der Waals surface area contributed by atoms with Gasteiger partial charge in [-0.2, -0.15) is 0 Å². The van der Waals surface area contributed by atoms with Gasteiger partial charge in [-0.05, 0) is 42.8 Å². The summed E-state index contributed by atoms with van der Waals surface area (Å²) in [6, 6.07) is 7.15. The van der Waals surface area contributed by atoms with Crippen LogP contribution < -0.4 is 16.4 Å². The summed E-state index contributed by atoms with van der Waals surface area (Å²) < 4.78 is 26.8. The SMILES string of the molecule is Nc1ccc(C(=O)NC2CNCCC2c2ccc(F)c(F)c2)cc1[N+](=O)[O-]. The smallest absolute Gasteiger partial charge is 0.292 e. The zero-order chi connectivity index (χ0) is 19.6. The number of rotatable bonds is 4. The van der Waals surface area contributed by atoms with Crippen molar-refractivity contribution >= 4 is 17.3 Å². The fourth-order valence-corrected chi connectivity index (χ4v) is 3.25. The average molecular weight is 376 g/mol. The molecule has 27 heavy (non-hydrogen) atoms. The van der Waals surface area contributed by atoms with Crippen LogP contribution in [-0.4, -0.2) is 30.0 Å². The molecule has 1 heterocycles. The number of amides is 1. The third-order valence-electron chi connectivity index (χ3n) is 4.66. The van der Waals surface area contributed by atoms with Crippen LogP contribution in [0.4, 0.5) is 20.2 Å². The van der Waals surface area contributed by atoms with Crippen LogP contribution in [0.5, 0.6) is 0 Å². The Morgan fingerprint density at radius 2 is 2.00 bits per heavy atom. The summed E-state index contributed by atoms with van der Waals surface area (Å²) >= 11 is 0. The molecule has 2 aromatic carbocycles. The number of carbonyl (C=O) groups is 1. The maximum atomic E-state index is 13.6. The van der Waals surface area contributed by atoms with E-state index >= 15 is 0 Å². The summed E-state index contributed by atoms with van der Waals surface area (Å²) in [4.78, 5) is 22.9. The third kappa shape index (κ3) is 4.03. The second kappa shape index (κ2) is 7.67. The predicted octanol–water partition coefficient (Wildman–Crippen LogP) is 2.33. The molecule has 0 radical (unpaired) electrons. The van der Waals surface area contributed by atoms with E-state index in [4.69, 9.17) is 5.73 Å². The molecule has 1 aliphatic rings. The second-order valence-corrected chi connectivity index (χ2v) is 6.38. The minimum absolute atomic E-state index is 0.0319. The number of hydrogen-bond acceptors (Lipinski definition) is 5. The van der Waals surface area contributed by atoms with Gasteiger partial charge in [-0.1, -0.05) is 6.07 Å². The summed E-state index contributed by atoms with van der Waals surface area (Å²) in [5.41, 5.74) is 5.86. The Balaban J connectivity index is 1.81. The lowest BCUT2D eigenvalue weighted by molar-refractivity contribution is -0.383. The van der Waals surface area contributed by atoms with Crippen LogP contribution in [0.15, 0.2) is 36.4 Å². The summed E-state index contributed by atoms with van der Waals surface area (Å²) in [7, 11) is 0. The molecule has 4 N–H and O–H groups in total. The van der Waals surface area contributed by atoms with Crippen molar-refractivity contribution in [2.24, 2.45) is 0 Å². The number of carbonyl (C=O) groups excluding carboxylic acids is 1. The lowest BCUT2D eigenvalue weighted by atomic mass is 9.85. The normalized spacial score (nSPS) is 19.5. The van der Waals surface area contributed by atoms with Crippen LogP contribution in [0.25, 0.3) is 0 Å². The van der Waals surface area contributed by atoms with Gasteiger partial charge < -0.3 is 16.4 Å². The number of nitrogens with zero attached hydrogens (tertiary/aromatic N) is 1. The van der Waals surface area contributed by atoms with Crippen molar-refractivity contribution in [3.63, 3.8) is 0 Å². The van der Waals surface area contributed by atoms with Crippen molar-refractivity contribution in [1.82, 2.24) is 10.6 Å². The molecule has 0 aliphatic carbocycles. The van der Waals surface area contributed by atoms with Gasteiger partial charge in [0.15, 0.2) is 11.6 Å². The van der Waals surface area contributed by atoms with Crippen LogP contribution in [0.2, 0.25) is 0 Å². The van der Waals surface area contributed by atoms with E-state index in [2.05, 4.69) is 10.6 Å². The number of nitro benzene ring substituents is 1. The Bertz CT molecular complexity index is 891. The van der Waals surface area contributed by atoms with E-state index in [-0.39, 0.29) is 28.9 Å². The van der Waals surface area contributed by atoms with E-state index < -0.39 is 22.5 Å². The molecule has 0 bridgehead atoms. The van der Waals surface area contributed by atoms with Gasteiger partial charge in [-0.15, -0.1) is 0 Å². The molecule has 2 aromatic rings. The Hall–Kier alpha value is -3.07. The highest BCUT2D eigenvalue weighted by molar-refractivity contribution is 5.95. The molecule has 0 spiro atoms. The largest absolute Gasteiger partial charge is 0.393 e. The number of hydrogen-bond donors (Lipinski definition) is 3. The van der Waals surface area contributed by atoms with Crippen molar-refractivity contribution in [2.45, 2.75) is 18.4 Å². The molecule has 0 saturated carbocycles. The van der Waals surface area contributed by atoms with Crippen LogP contribution in [0.1, 0.15) is 28.3 Å². The number of nitrogens with one attached hydrogen (secondary N) is 2. The monoisotopic (exact) mass is 376 g/mol. The van der Waals surface area contributed by atoms with E-state index in [1.54, 1.807) is 0 Å². The summed E-state index contributed by atoms with van der Waals surface area (Å²) in [6.45, 7) is 1.11. The van der Waals surface area contributed by atoms with Gasteiger partial charge in [0, 0.05) is 30.1 Å². The van der Waals surface area contributed by atoms with Gasteiger partial charge >= 0.3 is 0 Å². The number of nitrogen functional groups attached to an aromatic ring is 1. The first kappa shape index (κ1) is 18.7. The molecule has 2 unspecified atom stereocenters. The average Bonchev–Trinajstić information content (AvgIpc) is 2.64. The predicted molar refractivity (Wildman–Crippen MR) is 95.3 cm³/mol. The maximum Gasteiger partial charge on any atom is 0.292 e. The van der Waals surface area contributed by atoms with Gasteiger partial charge in [0.05, 0.1) is 4.92 Å². The molecule has 142 valence electrons. The molecular weight excluding hydrogens is 358 g/mol. The topological polar surface area (TPSA) is 110 Å². The van der Waals surface area contributed by atoms with Crippen molar-refractivity contribution in [3.8, 4) is 0 Å². The minimum atomic E-state index is -0.940. The first-order chi connectivity index (χ1) is 12.9. The number of benzene rings is 2. The summed E-state index contributed by atoms with van der Waals surface area (Å²) in [5.74, 6) is -2.58. The van der Waals surface area contributed by atoms with Crippen molar-refractivity contribution in [1.29, 1.82) is 0 Å². The van der Waals surface area contributed by atoms with Gasteiger partial charge in [0.2, 0.25) is 0 Å². The first-order valence-corrected chi connectivity index (χ1v) is 8.37. The van der Waals surface area contributed by atoms with Crippen LogP contribution in [-0.2, 0) is 0 Å². The van der Waals surface area contributed by atoms with Crippen molar-refractivity contribution in [3.05, 3.63) is 69.3 Å². The molecule has 9 heteroatoms. The summed E-state index contributed by atoms with van der Waals surface area (Å²) in [5, 5.41) is 17.0. The molecule has 1 aliphatic heterocycles. The van der Waals surface area contributed by atoms with E-state index in [0.29, 0.717) is 25.1 Å². The number of halogens is 2. The molecule has 1 amide bonds. The van der Waals surface area contributed by atoms with Gasteiger partial charge in [0.25, 0.3) is 11.6 Å². The fourth-order valence-electron chi connectivity index (χ4n) is 3.25. The Morgan fingerprint density at radius 3 is 2.70 bits per heavy atom. The first-order valence-electron chi connectivity index (χ1n) is 8.37. The van der Waals surface area contributed by atoms with Crippen molar-refractivity contribution in [2.75, 3.05) is 18.8 Å². The number of nitrogens with two attached hydrogens (primary N) is 1. The van der Waals surface area contributed by atoms with Crippen LogP contribution >= 0.6 is 0 Å². The van der Waals surface area contributed by atoms with Gasteiger partial charge in [-0.25, -0.2) is 8.78 Å². The highest BCUT2D eigenvalue weighted by Crippen LogP contribution is 2.28. The van der Waals surface area contributed by atoms with E-state index in [1.165, 1.54) is 18.2 Å². The molecule has 0 aromatic heterocycles. The Kier molecular flexibility index (Phi) is 5.31. The van der Waals surface area contributed by atoms with E-state index in [1.807, 2.05) is 0 Å². The molecule has 3 rings (SSSR count). The van der Waals surface area contributed by atoms with Gasteiger partial charge in [0.1, 0.15) is 5.69 Å². The van der Waals surface area contributed by atoms with Crippen molar-refractivity contribution < 1.29 is 18.5 Å². The lowest BCUT2D eigenvalue weighted by Crippen LogP contribution is -2.50. The number of piperidine rings is 1. The second-order valence-electron chi connectivity index (χ2n) is 6.38. The quantitative estimate of drug-likeness (QED) is 0.431. The molecule has 1 fully saturated rings. The highest BCUT2D eigenvalue weighted by Gasteiger charge is 2.29. The number of nitro groups is 1. The lowest BCUT2D eigenvalue weighted by Gasteiger charge is -2.33. The third-order valence-corrected chi connectivity index (χ3v) is 4.66.